The highest BCUT2D eigenvalue weighted by Crippen LogP contribution is 2.23. The fraction of sp³-hybridized carbons (Fsp3) is 0.417. The molecule has 0 saturated carbocycles. The molecule has 0 amide bonds. The zero-order valence-corrected chi connectivity index (χ0v) is 8.63. The molecule has 1 N–H and O–H groups in total. The molecule has 1 heterocycles. The van der Waals surface area contributed by atoms with Gasteiger partial charge in [-0.15, -0.1) is 0 Å². The van der Waals surface area contributed by atoms with Gasteiger partial charge in [-0.05, 0) is 24.5 Å². The zero-order chi connectivity index (χ0) is 10.1. The molecule has 1 aliphatic heterocycles. The number of fused-ring (bicyclic) bond motifs is 1. The van der Waals surface area contributed by atoms with Crippen molar-refractivity contribution in [1.82, 2.24) is 5.32 Å². The molecule has 0 aliphatic carbocycles. The van der Waals surface area contributed by atoms with Crippen LogP contribution in [-0.4, -0.2) is 18.9 Å². The predicted octanol–water partition coefficient (Wildman–Crippen LogP) is 1.88. The van der Waals surface area contributed by atoms with Crippen LogP contribution in [0.15, 0.2) is 18.2 Å². The molecule has 2 nitrogen and oxygen atoms in total. The van der Waals surface area contributed by atoms with E-state index in [1.165, 1.54) is 5.56 Å². The van der Waals surface area contributed by atoms with Gasteiger partial charge in [-0.1, -0.05) is 24.6 Å². The Hall–Kier alpha value is -1.15. The van der Waals surface area contributed by atoms with Gasteiger partial charge in [0, 0.05) is 12.1 Å². The summed E-state index contributed by atoms with van der Waals surface area (Å²) in [4.78, 5) is 11.7. The van der Waals surface area contributed by atoms with Crippen LogP contribution in [0.1, 0.15) is 34.3 Å². The molecule has 1 aliphatic rings. The van der Waals surface area contributed by atoms with Crippen LogP contribution >= 0.6 is 0 Å². The first-order valence-corrected chi connectivity index (χ1v) is 5.03. The van der Waals surface area contributed by atoms with Crippen molar-refractivity contribution in [2.45, 2.75) is 19.8 Å². The SMILES string of the molecule is Cc1ccc2c(c1)C(=O)CNCC2C. The quantitative estimate of drug-likeness (QED) is 0.675. The van der Waals surface area contributed by atoms with E-state index in [0.717, 1.165) is 17.7 Å². The Balaban J connectivity index is 2.54. The molecule has 0 bridgehead atoms. The van der Waals surface area contributed by atoms with Gasteiger partial charge in [-0.3, -0.25) is 4.79 Å². The molecule has 1 aromatic rings. The lowest BCUT2D eigenvalue weighted by Crippen LogP contribution is -2.22. The molecule has 14 heavy (non-hydrogen) atoms. The average molecular weight is 189 g/mol. The molecule has 2 heteroatoms. The molecule has 1 unspecified atom stereocenters. The van der Waals surface area contributed by atoms with Gasteiger partial charge < -0.3 is 5.32 Å². The summed E-state index contributed by atoms with van der Waals surface area (Å²) < 4.78 is 0. The van der Waals surface area contributed by atoms with E-state index >= 15 is 0 Å². The molecular formula is C12H15NO. The van der Waals surface area contributed by atoms with E-state index in [-0.39, 0.29) is 5.78 Å². The van der Waals surface area contributed by atoms with Crippen molar-refractivity contribution in [3.63, 3.8) is 0 Å². The molecule has 0 aromatic heterocycles. The number of Topliss-reactive ketones (excluding diaryl/α,β-unsaturated/α-hetero) is 1. The Morgan fingerprint density at radius 1 is 1.43 bits per heavy atom. The highest BCUT2D eigenvalue weighted by Gasteiger charge is 2.19. The standard InChI is InChI=1S/C12H15NO/c1-8-3-4-10-9(2)6-13-7-12(14)11(10)5-8/h3-5,9,13H,6-7H2,1-2H3. The van der Waals surface area contributed by atoms with Crippen LogP contribution in [0.2, 0.25) is 0 Å². The summed E-state index contributed by atoms with van der Waals surface area (Å²) in [5.74, 6) is 0.644. The van der Waals surface area contributed by atoms with Gasteiger partial charge in [0.1, 0.15) is 0 Å². The number of rotatable bonds is 0. The first kappa shape index (κ1) is 9.41. The van der Waals surface area contributed by atoms with Crippen LogP contribution in [0.4, 0.5) is 0 Å². The van der Waals surface area contributed by atoms with Gasteiger partial charge >= 0.3 is 0 Å². The summed E-state index contributed by atoms with van der Waals surface area (Å²) >= 11 is 0. The number of benzene rings is 1. The minimum Gasteiger partial charge on any atom is -0.309 e. The van der Waals surface area contributed by atoms with Crippen molar-refractivity contribution in [2.24, 2.45) is 0 Å². The maximum absolute atomic E-state index is 11.7. The van der Waals surface area contributed by atoms with Crippen LogP contribution in [0, 0.1) is 6.92 Å². The first-order valence-electron chi connectivity index (χ1n) is 5.03. The van der Waals surface area contributed by atoms with E-state index in [2.05, 4.69) is 24.4 Å². The lowest BCUT2D eigenvalue weighted by molar-refractivity contribution is 0.0994. The zero-order valence-electron chi connectivity index (χ0n) is 8.63. The summed E-state index contributed by atoms with van der Waals surface area (Å²) in [6.45, 7) is 5.54. The summed E-state index contributed by atoms with van der Waals surface area (Å²) in [6, 6.07) is 6.16. The van der Waals surface area contributed by atoms with Crippen molar-refractivity contribution in [3.8, 4) is 0 Å². The van der Waals surface area contributed by atoms with E-state index < -0.39 is 0 Å². The summed E-state index contributed by atoms with van der Waals surface area (Å²) in [7, 11) is 0. The third kappa shape index (κ3) is 1.58. The van der Waals surface area contributed by atoms with E-state index in [9.17, 15) is 4.79 Å². The van der Waals surface area contributed by atoms with Gasteiger partial charge in [0.25, 0.3) is 0 Å². The van der Waals surface area contributed by atoms with Crippen LogP contribution in [0.25, 0.3) is 0 Å². The van der Waals surface area contributed by atoms with Crippen molar-refractivity contribution < 1.29 is 4.79 Å². The van der Waals surface area contributed by atoms with Crippen LogP contribution < -0.4 is 5.32 Å². The van der Waals surface area contributed by atoms with E-state index in [0.29, 0.717) is 12.5 Å². The normalized spacial score (nSPS) is 21.6. The van der Waals surface area contributed by atoms with Gasteiger partial charge in [0.2, 0.25) is 0 Å². The Kier molecular flexibility index (Phi) is 2.38. The number of hydrogen-bond acceptors (Lipinski definition) is 2. The molecule has 0 spiro atoms. The molecule has 0 fully saturated rings. The van der Waals surface area contributed by atoms with Gasteiger partial charge in [-0.25, -0.2) is 0 Å². The minimum atomic E-state index is 0.216. The lowest BCUT2D eigenvalue weighted by Gasteiger charge is -2.11. The van der Waals surface area contributed by atoms with Crippen LogP contribution in [0.3, 0.4) is 0 Å². The fourth-order valence-corrected chi connectivity index (χ4v) is 1.95. The summed E-state index contributed by atoms with van der Waals surface area (Å²) in [5.41, 5.74) is 3.25. The highest BCUT2D eigenvalue weighted by molar-refractivity contribution is 5.99. The predicted molar refractivity (Wildman–Crippen MR) is 56.8 cm³/mol. The molecule has 1 atom stereocenters. The number of ketones is 1. The van der Waals surface area contributed by atoms with Crippen molar-refractivity contribution in [3.05, 3.63) is 34.9 Å². The smallest absolute Gasteiger partial charge is 0.176 e. The highest BCUT2D eigenvalue weighted by atomic mass is 16.1. The monoisotopic (exact) mass is 189 g/mol. The largest absolute Gasteiger partial charge is 0.309 e. The maximum atomic E-state index is 11.7. The number of aryl methyl sites for hydroxylation is 1. The number of nitrogens with one attached hydrogen (secondary N) is 1. The van der Waals surface area contributed by atoms with Gasteiger partial charge in [0.05, 0.1) is 6.54 Å². The second-order valence-electron chi connectivity index (χ2n) is 4.05. The van der Waals surface area contributed by atoms with Crippen molar-refractivity contribution in [2.75, 3.05) is 13.1 Å². The molecule has 1 aromatic carbocycles. The van der Waals surface area contributed by atoms with Crippen LogP contribution in [-0.2, 0) is 0 Å². The third-order valence-corrected chi connectivity index (χ3v) is 2.78. The molecule has 74 valence electrons. The van der Waals surface area contributed by atoms with Crippen molar-refractivity contribution >= 4 is 5.78 Å². The molecule has 0 radical (unpaired) electrons. The maximum Gasteiger partial charge on any atom is 0.176 e. The van der Waals surface area contributed by atoms with Gasteiger partial charge in [0.15, 0.2) is 5.78 Å². The average Bonchev–Trinajstić information content (AvgIpc) is 2.28. The number of carbonyl (C=O) groups excluding carboxylic acids is 1. The minimum absolute atomic E-state index is 0.216. The van der Waals surface area contributed by atoms with E-state index in [4.69, 9.17) is 0 Å². The molecule has 0 saturated heterocycles. The summed E-state index contributed by atoms with van der Waals surface area (Å²) in [6.07, 6.45) is 0. The Labute approximate surface area is 84.3 Å². The second-order valence-corrected chi connectivity index (χ2v) is 4.05. The van der Waals surface area contributed by atoms with Gasteiger partial charge in [-0.2, -0.15) is 0 Å². The third-order valence-electron chi connectivity index (χ3n) is 2.78. The Morgan fingerprint density at radius 2 is 2.21 bits per heavy atom. The lowest BCUT2D eigenvalue weighted by atomic mass is 9.93. The van der Waals surface area contributed by atoms with Crippen LogP contribution in [0.5, 0.6) is 0 Å². The second kappa shape index (κ2) is 3.54. The van der Waals surface area contributed by atoms with E-state index in [1.807, 2.05) is 13.0 Å². The van der Waals surface area contributed by atoms with E-state index in [1.54, 1.807) is 0 Å². The topological polar surface area (TPSA) is 29.1 Å². The number of hydrogen-bond donors (Lipinski definition) is 1. The number of carbonyl (C=O) groups is 1. The Morgan fingerprint density at radius 3 is 3.00 bits per heavy atom. The Bertz CT molecular complexity index is 371. The van der Waals surface area contributed by atoms with Crippen molar-refractivity contribution in [1.29, 1.82) is 0 Å². The molecular weight excluding hydrogens is 174 g/mol. The molecule has 2 rings (SSSR count). The first-order chi connectivity index (χ1) is 6.68. The fourth-order valence-electron chi connectivity index (χ4n) is 1.95. The summed E-state index contributed by atoms with van der Waals surface area (Å²) in [5, 5.41) is 3.16.